The molecule has 0 radical (unpaired) electrons. The number of benzene rings is 2. The Balaban J connectivity index is 1.81. The molecule has 0 saturated heterocycles. The van der Waals surface area contributed by atoms with Gasteiger partial charge >= 0.3 is 0 Å². The smallest absolute Gasteiger partial charge is 0.271 e. The highest BCUT2D eigenvalue weighted by atomic mass is 35.5. The van der Waals surface area contributed by atoms with Crippen LogP contribution in [0.3, 0.4) is 0 Å². The Morgan fingerprint density at radius 2 is 2.00 bits per heavy atom. The molecule has 1 aromatic heterocycles. The zero-order valence-electron chi connectivity index (χ0n) is 12.9. The summed E-state index contributed by atoms with van der Waals surface area (Å²) in [4.78, 5) is 16.2. The molecule has 1 amide bonds. The van der Waals surface area contributed by atoms with Crippen molar-refractivity contribution in [3.05, 3.63) is 70.9 Å². The van der Waals surface area contributed by atoms with Gasteiger partial charge in [-0.15, -0.1) is 0 Å². The summed E-state index contributed by atoms with van der Waals surface area (Å²) in [6, 6.07) is 16.2. The van der Waals surface area contributed by atoms with Gasteiger partial charge in [-0.3, -0.25) is 4.79 Å². The van der Waals surface area contributed by atoms with E-state index < -0.39 is 0 Å². The zero-order chi connectivity index (χ0) is 16.9. The lowest BCUT2D eigenvalue weighted by Gasteiger charge is -2.04. The van der Waals surface area contributed by atoms with Gasteiger partial charge in [0.2, 0.25) is 0 Å². The number of amides is 1. The van der Waals surface area contributed by atoms with Crippen molar-refractivity contribution in [3.63, 3.8) is 0 Å². The molecule has 5 nitrogen and oxygen atoms in total. The maximum Gasteiger partial charge on any atom is 0.271 e. The number of fused-ring (bicyclic) bond motifs is 1. The van der Waals surface area contributed by atoms with Gasteiger partial charge in [0, 0.05) is 16.5 Å². The first-order valence-corrected chi connectivity index (χ1v) is 7.58. The van der Waals surface area contributed by atoms with Crippen molar-refractivity contribution < 1.29 is 9.53 Å². The average Bonchev–Trinajstić information content (AvgIpc) is 2.62. The highest BCUT2D eigenvalue weighted by molar-refractivity contribution is 6.32. The summed E-state index contributed by atoms with van der Waals surface area (Å²) < 4.78 is 5.20. The van der Waals surface area contributed by atoms with Crippen LogP contribution in [0.4, 0.5) is 0 Å². The summed E-state index contributed by atoms with van der Waals surface area (Å²) in [6.07, 6.45) is 1.47. The minimum Gasteiger partial charge on any atom is -0.497 e. The molecule has 1 heterocycles. The predicted molar refractivity (Wildman–Crippen MR) is 94.8 cm³/mol. The zero-order valence-corrected chi connectivity index (χ0v) is 13.6. The lowest BCUT2D eigenvalue weighted by molar-refractivity contribution is 0.0955. The normalized spacial score (nSPS) is 10.9. The molecule has 0 aliphatic rings. The van der Waals surface area contributed by atoms with E-state index in [2.05, 4.69) is 15.5 Å². The number of hydrogen-bond donors (Lipinski definition) is 1. The monoisotopic (exact) mass is 339 g/mol. The number of nitrogens with zero attached hydrogens (tertiary/aromatic N) is 2. The molecule has 3 aromatic rings. The topological polar surface area (TPSA) is 63.6 Å². The number of hydrogen-bond acceptors (Lipinski definition) is 4. The third-order valence-corrected chi connectivity index (χ3v) is 3.71. The van der Waals surface area contributed by atoms with Gasteiger partial charge < -0.3 is 4.74 Å². The van der Waals surface area contributed by atoms with Crippen LogP contribution in [0.1, 0.15) is 15.9 Å². The van der Waals surface area contributed by atoms with Gasteiger partial charge in [0.15, 0.2) is 0 Å². The van der Waals surface area contributed by atoms with Crippen molar-refractivity contribution in [3.8, 4) is 5.75 Å². The maximum atomic E-state index is 11.9. The summed E-state index contributed by atoms with van der Waals surface area (Å²) in [5.41, 5.74) is 4.35. The van der Waals surface area contributed by atoms with Gasteiger partial charge in [0.25, 0.3) is 5.91 Å². The maximum absolute atomic E-state index is 11.9. The average molecular weight is 340 g/mol. The van der Waals surface area contributed by atoms with E-state index in [1.807, 2.05) is 30.3 Å². The van der Waals surface area contributed by atoms with Crippen molar-refractivity contribution >= 4 is 34.6 Å². The van der Waals surface area contributed by atoms with E-state index in [1.54, 1.807) is 31.4 Å². The van der Waals surface area contributed by atoms with Crippen LogP contribution in [0.2, 0.25) is 5.15 Å². The Labute approximate surface area is 143 Å². The summed E-state index contributed by atoms with van der Waals surface area (Å²) in [6.45, 7) is 0. The molecule has 1 N–H and O–H groups in total. The molecule has 0 fully saturated rings. The lowest BCUT2D eigenvalue weighted by Crippen LogP contribution is -2.17. The molecule has 6 heteroatoms. The van der Waals surface area contributed by atoms with Crippen LogP contribution < -0.4 is 10.2 Å². The Morgan fingerprint density at radius 3 is 2.75 bits per heavy atom. The Morgan fingerprint density at radius 1 is 1.21 bits per heavy atom. The number of pyridine rings is 1. The van der Waals surface area contributed by atoms with Crippen LogP contribution in [0.5, 0.6) is 5.75 Å². The van der Waals surface area contributed by atoms with Crippen LogP contribution in [-0.4, -0.2) is 24.2 Å². The first-order valence-electron chi connectivity index (χ1n) is 7.20. The number of ether oxygens (including phenoxy) is 1. The molecule has 0 bridgehead atoms. The van der Waals surface area contributed by atoms with E-state index >= 15 is 0 Å². The van der Waals surface area contributed by atoms with Crippen LogP contribution >= 0.6 is 11.6 Å². The van der Waals surface area contributed by atoms with Gasteiger partial charge in [-0.05, 0) is 36.4 Å². The van der Waals surface area contributed by atoms with Gasteiger partial charge in [0.05, 0.1) is 18.8 Å². The van der Waals surface area contributed by atoms with Crippen LogP contribution in [-0.2, 0) is 0 Å². The number of rotatable bonds is 4. The number of halogens is 1. The van der Waals surface area contributed by atoms with Crippen molar-refractivity contribution in [2.75, 3.05) is 7.11 Å². The first kappa shape index (κ1) is 16.0. The third-order valence-electron chi connectivity index (χ3n) is 3.41. The fourth-order valence-electron chi connectivity index (χ4n) is 2.18. The molecule has 0 atom stereocenters. The van der Waals surface area contributed by atoms with Crippen LogP contribution in [0, 0.1) is 0 Å². The van der Waals surface area contributed by atoms with E-state index in [-0.39, 0.29) is 5.91 Å². The molecule has 3 rings (SSSR count). The first-order chi connectivity index (χ1) is 11.7. The standard InChI is InChI=1S/C18H14ClN3O2/c1-24-15-7-8-16-13(10-15)9-14(17(19)21-16)11-20-22-18(23)12-5-3-2-4-6-12/h2-11H,1H3,(H,22,23)/b20-11+. The number of carbonyl (C=O) groups is 1. The number of carbonyl (C=O) groups excluding carboxylic acids is 1. The molecule has 0 spiro atoms. The summed E-state index contributed by atoms with van der Waals surface area (Å²) in [5.74, 6) is 0.435. The van der Waals surface area contributed by atoms with Gasteiger partial charge in [-0.1, -0.05) is 29.8 Å². The summed E-state index contributed by atoms with van der Waals surface area (Å²) in [7, 11) is 1.60. The molecule has 0 unspecified atom stereocenters. The number of nitrogens with one attached hydrogen (secondary N) is 1. The lowest BCUT2D eigenvalue weighted by atomic mass is 10.1. The minimum absolute atomic E-state index is 0.293. The highest BCUT2D eigenvalue weighted by Crippen LogP contribution is 2.23. The van der Waals surface area contributed by atoms with Crippen molar-refractivity contribution in [2.24, 2.45) is 5.10 Å². The van der Waals surface area contributed by atoms with Crippen LogP contribution in [0.15, 0.2) is 59.7 Å². The van der Waals surface area contributed by atoms with Gasteiger partial charge in [-0.2, -0.15) is 5.10 Å². The van der Waals surface area contributed by atoms with E-state index in [1.165, 1.54) is 6.21 Å². The highest BCUT2D eigenvalue weighted by Gasteiger charge is 2.05. The fourth-order valence-corrected chi connectivity index (χ4v) is 2.37. The van der Waals surface area contributed by atoms with Crippen molar-refractivity contribution in [1.82, 2.24) is 10.4 Å². The predicted octanol–water partition coefficient (Wildman–Crippen LogP) is 3.66. The molecular weight excluding hydrogens is 326 g/mol. The summed E-state index contributed by atoms with van der Waals surface area (Å²) >= 11 is 6.16. The van der Waals surface area contributed by atoms with Gasteiger partial charge in [-0.25, -0.2) is 10.4 Å². The van der Waals surface area contributed by atoms with E-state index in [9.17, 15) is 4.79 Å². The number of methoxy groups -OCH3 is 1. The molecule has 2 aromatic carbocycles. The SMILES string of the molecule is COc1ccc2nc(Cl)c(/C=N/NC(=O)c3ccccc3)cc2c1. The second-order valence-corrected chi connectivity index (χ2v) is 5.35. The third kappa shape index (κ3) is 3.52. The fraction of sp³-hybridized carbons (Fsp3) is 0.0556. The van der Waals surface area contributed by atoms with Crippen molar-refractivity contribution in [1.29, 1.82) is 0 Å². The molecule has 0 saturated carbocycles. The van der Waals surface area contributed by atoms with Crippen molar-refractivity contribution in [2.45, 2.75) is 0 Å². The molecule has 120 valence electrons. The number of hydrazone groups is 1. The Kier molecular flexibility index (Phi) is 4.72. The molecule has 0 aliphatic heterocycles. The van der Waals surface area contributed by atoms with E-state index in [0.717, 1.165) is 16.7 Å². The van der Waals surface area contributed by atoms with Crippen LogP contribution in [0.25, 0.3) is 10.9 Å². The Hall–Kier alpha value is -2.92. The second kappa shape index (κ2) is 7.10. The minimum atomic E-state index is -0.293. The Bertz CT molecular complexity index is 911. The second-order valence-electron chi connectivity index (χ2n) is 4.99. The molecule has 0 aliphatic carbocycles. The molecule has 24 heavy (non-hydrogen) atoms. The van der Waals surface area contributed by atoms with E-state index in [0.29, 0.717) is 16.3 Å². The number of aromatic nitrogens is 1. The largest absolute Gasteiger partial charge is 0.497 e. The van der Waals surface area contributed by atoms with E-state index in [4.69, 9.17) is 16.3 Å². The molecular formula is C18H14ClN3O2. The van der Waals surface area contributed by atoms with Gasteiger partial charge in [0.1, 0.15) is 10.9 Å². The quantitative estimate of drug-likeness (QED) is 0.448. The summed E-state index contributed by atoms with van der Waals surface area (Å²) in [5, 5.41) is 5.13.